The zero-order valence-corrected chi connectivity index (χ0v) is 7.63. The van der Waals surface area contributed by atoms with Crippen LogP contribution in [0, 0.1) is 0 Å². The smallest absolute Gasteiger partial charge is 0.0692 e. The highest BCUT2D eigenvalue weighted by molar-refractivity contribution is 9.10. The number of aliphatic hydroxyl groups excluding tert-OH is 1. The lowest BCUT2D eigenvalue weighted by Crippen LogP contribution is -1.97. The zero-order valence-electron chi connectivity index (χ0n) is 6.05. The van der Waals surface area contributed by atoms with Crippen molar-refractivity contribution in [3.8, 4) is 0 Å². The number of halogens is 1. The second-order valence-corrected chi connectivity index (χ2v) is 3.14. The van der Waals surface area contributed by atoms with E-state index in [0.29, 0.717) is 6.54 Å². The molecule has 0 fully saturated rings. The summed E-state index contributed by atoms with van der Waals surface area (Å²) in [6, 6.07) is 5.72. The Hall–Kier alpha value is -0.380. The molecule has 0 amide bonds. The third kappa shape index (κ3) is 2.02. The summed E-state index contributed by atoms with van der Waals surface area (Å²) in [6.45, 7) is 0.564. The molecule has 2 nitrogen and oxygen atoms in total. The lowest BCUT2D eigenvalue weighted by atomic mass is 10.1. The number of nitrogens with two attached hydrogens (primary N) is 1. The van der Waals surface area contributed by atoms with Crippen molar-refractivity contribution >= 4 is 15.9 Å². The average molecular weight is 216 g/mol. The van der Waals surface area contributed by atoms with Crippen LogP contribution in [0.1, 0.15) is 11.1 Å². The lowest BCUT2D eigenvalue weighted by molar-refractivity contribution is 0.281. The highest BCUT2D eigenvalue weighted by atomic mass is 79.9. The molecule has 1 aromatic carbocycles. The summed E-state index contributed by atoms with van der Waals surface area (Å²) in [7, 11) is 0. The van der Waals surface area contributed by atoms with Crippen molar-refractivity contribution in [2.75, 3.05) is 0 Å². The summed E-state index contributed by atoms with van der Waals surface area (Å²) in [4.78, 5) is 0. The van der Waals surface area contributed by atoms with E-state index in [4.69, 9.17) is 10.8 Å². The number of hydrogen-bond acceptors (Lipinski definition) is 2. The van der Waals surface area contributed by atoms with Crippen LogP contribution in [-0.2, 0) is 13.2 Å². The van der Waals surface area contributed by atoms with Crippen molar-refractivity contribution in [1.29, 1.82) is 0 Å². The summed E-state index contributed by atoms with van der Waals surface area (Å²) >= 11 is 3.32. The molecule has 0 aliphatic rings. The lowest BCUT2D eigenvalue weighted by Gasteiger charge is -2.02. The molecule has 3 N–H and O–H groups in total. The molecular weight excluding hydrogens is 206 g/mol. The van der Waals surface area contributed by atoms with Gasteiger partial charge in [0.15, 0.2) is 0 Å². The van der Waals surface area contributed by atoms with Crippen molar-refractivity contribution in [1.82, 2.24) is 0 Å². The SMILES string of the molecule is NCc1ccc(Br)c(CO)c1. The third-order valence-electron chi connectivity index (χ3n) is 1.52. The van der Waals surface area contributed by atoms with Gasteiger partial charge in [0.25, 0.3) is 0 Å². The van der Waals surface area contributed by atoms with Crippen LogP contribution < -0.4 is 5.73 Å². The van der Waals surface area contributed by atoms with E-state index in [0.717, 1.165) is 15.6 Å². The minimum absolute atomic E-state index is 0.0500. The van der Waals surface area contributed by atoms with E-state index in [1.54, 1.807) is 0 Å². The van der Waals surface area contributed by atoms with Gasteiger partial charge in [-0.3, -0.25) is 0 Å². The predicted octanol–water partition coefficient (Wildman–Crippen LogP) is 1.40. The minimum atomic E-state index is 0.0500. The molecular formula is C8H10BrNO. The van der Waals surface area contributed by atoms with E-state index < -0.39 is 0 Å². The topological polar surface area (TPSA) is 46.2 Å². The maximum absolute atomic E-state index is 8.87. The fourth-order valence-electron chi connectivity index (χ4n) is 0.876. The molecule has 3 heteroatoms. The van der Waals surface area contributed by atoms with E-state index in [2.05, 4.69) is 15.9 Å². The van der Waals surface area contributed by atoms with Gasteiger partial charge in [-0.25, -0.2) is 0 Å². The molecule has 0 bridgehead atoms. The summed E-state index contributed by atoms with van der Waals surface area (Å²) < 4.78 is 0.928. The Balaban J connectivity index is 3.02. The van der Waals surface area contributed by atoms with Crippen LogP contribution in [0.2, 0.25) is 0 Å². The van der Waals surface area contributed by atoms with Gasteiger partial charge >= 0.3 is 0 Å². The van der Waals surface area contributed by atoms with Crippen LogP contribution in [0.25, 0.3) is 0 Å². The molecule has 0 aliphatic carbocycles. The Kier molecular flexibility index (Phi) is 3.05. The van der Waals surface area contributed by atoms with Gasteiger partial charge in [0, 0.05) is 11.0 Å². The van der Waals surface area contributed by atoms with Crippen molar-refractivity contribution in [2.45, 2.75) is 13.2 Å². The van der Waals surface area contributed by atoms with Gasteiger partial charge in [0.2, 0.25) is 0 Å². The van der Waals surface area contributed by atoms with Crippen LogP contribution in [0.4, 0.5) is 0 Å². The van der Waals surface area contributed by atoms with Crippen molar-refractivity contribution in [3.63, 3.8) is 0 Å². The molecule has 0 saturated carbocycles. The average Bonchev–Trinajstić information content (AvgIpc) is 2.05. The molecule has 0 atom stereocenters. The van der Waals surface area contributed by atoms with Crippen LogP contribution in [0.15, 0.2) is 22.7 Å². The summed E-state index contributed by atoms with van der Waals surface area (Å²) in [5, 5.41) is 8.87. The molecule has 0 unspecified atom stereocenters. The third-order valence-corrected chi connectivity index (χ3v) is 2.29. The molecule has 1 rings (SSSR count). The largest absolute Gasteiger partial charge is 0.392 e. The van der Waals surface area contributed by atoms with Crippen LogP contribution >= 0.6 is 15.9 Å². The fourth-order valence-corrected chi connectivity index (χ4v) is 1.25. The Morgan fingerprint density at radius 3 is 2.73 bits per heavy atom. The minimum Gasteiger partial charge on any atom is -0.392 e. The molecule has 0 saturated heterocycles. The predicted molar refractivity (Wildman–Crippen MR) is 48.0 cm³/mol. The molecule has 60 valence electrons. The van der Waals surface area contributed by atoms with Gasteiger partial charge in [-0.1, -0.05) is 28.1 Å². The Morgan fingerprint density at radius 2 is 2.18 bits per heavy atom. The van der Waals surface area contributed by atoms with Crippen molar-refractivity contribution in [3.05, 3.63) is 33.8 Å². The molecule has 0 heterocycles. The van der Waals surface area contributed by atoms with Gasteiger partial charge in [-0.15, -0.1) is 0 Å². The van der Waals surface area contributed by atoms with Gasteiger partial charge in [-0.05, 0) is 17.2 Å². The van der Waals surface area contributed by atoms with Crippen LogP contribution in [-0.4, -0.2) is 5.11 Å². The second kappa shape index (κ2) is 3.85. The first-order valence-corrected chi connectivity index (χ1v) is 4.15. The van der Waals surface area contributed by atoms with Gasteiger partial charge < -0.3 is 10.8 Å². The van der Waals surface area contributed by atoms with Crippen molar-refractivity contribution < 1.29 is 5.11 Å². The molecule has 0 spiro atoms. The summed E-state index contributed by atoms with van der Waals surface area (Å²) in [5.74, 6) is 0. The Bertz CT molecular complexity index is 250. The highest BCUT2D eigenvalue weighted by Crippen LogP contribution is 2.17. The van der Waals surface area contributed by atoms with Gasteiger partial charge in [0.05, 0.1) is 6.61 Å². The first kappa shape index (κ1) is 8.71. The number of hydrogen-bond donors (Lipinski definition) is 2. The van der Waals surface area contributed by atoms with E-state index in [1.165, 1.54) is 0 Å². The molecule has 0 aliphatic heterocycles. The normalized spacial score (nSPS) is 10.1. The number of benzene rings is 1. The first-order chi connectivity index (χ1) is 5.27. The quantitative estimate of drug-likeness (QED) is 0.784. The zero-order chi connectivity index (χ0) is 8.27. The maximum Gasteiger partial charge on any atom is 0.0692 e. The first-order valence-electron chi connectivity index (χ1n) is 3.36. The molecule has 0 aromatic heterocycles. The van der Waals surface area contributed by atoms with E-state index in [1.807, 2.05) is 18.2 Å². The standard InChI is InChI=1S/C8H10BrNO/c9-8-2-1-6(4-10)3-7(8)5-11/h1-3,11H,4-5,10H2. The van der Waals surface area contributed by atoms with Crippen LogP contribution in [0.3, 0.4) is 0 Å². The highest BCUT2D eigenvalue weighted by Gasteiger charge is 1.98. The Labute approximate surface area is 74.2 Å². The van der Waals surface area contributed by atoms with E-state index in [-0.39, 0.29) is 6.61 Å². The van der Waals surface area contributed by atoms with Gasteiger partial charge in [-0.2, -0.15) is 0 Å². The van der Waals surface area contributed by atoms with E-state index >= 15 is 0 Å². The molecule has 1 aromatic rings. The summed E-state index contributed by atoms with van der Waals surface area (Å²) in [5.41, 5.74) is 7.35. The monoisotopic (exact) mass is 215 g/mol. The number of aliphatic hydroxyl groups is 1. The van der Waals surface area contributed by atoms with Crippen molar-refractivity contribution in [2.24, 2.45) is 5.73 Å². The second-order valence-electron chi connectivity index (χ2n) is 2.29. The Morgan fingerprint density at radius 1 is 1.45 bits per heavy atom. The number of rotatable bonds is 2. The maximum atomic E-state index is 8.87. The van der Waals surface area contributed by atoms with Gasteiger partial charge in [0.1, 0.15) is 0 Å². The van der Waals surface area contributed by atoms with E-state index in [9.17, 15) is 0 Å². The van der Waals surface area contributed by atoms with Crippen LogP contribution in [0.5, 0.6) is 0 Å². The molecule has 11 heavy (non-hydrogen) atoms. The fraction of sp³-hybridized carbons (Fsp3) is 0.250. The molecule has 0 radical (unpaired) electrons. The summed E-state index contributed by atoms with van der Waals surface area (Å²) in [6.07, 6.45) is 0.